The summed E-state index contributed by atoms with van der Waals surface area (Å²) in [4.78, 5) is 49.4. The average molecular weight is 650 g/mol. The highest BCUT2D eigenvalue weighted by Gasteiger charge is 2.23. The van der Waals surface area contributed by atoms with Crippen LogP contribution in [0.2, 0.25) is 5.02 Å². The highest BCUT2D eigenvalue weighted by molar-refractivity contribution is 6.33. The van der Waals surface area contributed by atoms with Gasteiger partial charge in [-0.05, 0) is 82.2 Å². The zero-order chi connectivity index (χ0) is 32.3. The van der Waals surface area contributed by atoms with E-state index in [0.29, 0.717) is 58.0 Å². The molecule has 7 rings (SSSR count). The van der Waals surface area contributed by atoms with Gasteiger partial charge in [-0.2, -0.15) is 4.98 Å². The van der Waals surface area contributed by atoms with Gasteiger partial charge in [-0.3, -0.25) is 24.1 Å². The third kappa shape index (κ3) is 6.81. The largest absolute Gasteiger partial charge is 0.382 e. The number of pyridine rings is 1. The number of halogens is 1. The maximum atomic E-state index is 14.2. The number of piperidine rings is 1. The number of carbonyl (C=O) groups excluding carboxylic acids is 1. The van der Waals surface area contributed by atoms with Crippen molar-refractivity contribution in [2.75, 3.05) is 43.9 Å². The van der Waals surface area contributed by atoms with Crippen LogP contribution >= 0.6 is 11.6 Å². The lowest BCUT2D eigenvalue weighted by atomic mass is 10.0. The van der Waals surface area contributed by atoms with Gasteiger partial charge in [0.25, 0.3) is 5.56 Å². The van der Waals surface area contributed by atoms with Crippen LogP contribution in [-0.2, 0) is 11.3 Å². The Labute approximate surface area is 277 Å². The van der Waals surface area contributed by atoms with Gasteiger partial charge in [0.05, 0.1) is 11.9 Å². The number of hydrogen-bond donors (Lipinski definition) is 2. The number of likely N-dealkylation sites (tertiary alicyclic amines) is 2. The van der Waals surface area contributed by atoms with Gasteiger partial charge < -0.3 is 20.4 Å². The highest BCUT2D eigenvalue weighted by Crippen LogP contribution is 2.31. The second-order valence-corrected chi connectivity index (χ2v) is 12.6. The predicted molar refractivity (Wildman–Crippen MR) is 185 cm³/mol. The zero-order valence-corrected chi connectivity index (χ0v) is 27.0. The van der Waals surface area contributed by atoms with Crippen LogP contribution in [0.1, 0.15) is 25.7 Å². The van der Waals surface area contributed by atoms with Gasteiger partial charge in [-0.25, -0.2) is 4.98 Å². The van der Waals surface area contributed by atoms with Crippen molar-refractivity contribution in [3.05, 3.63) is 88.7 Å². The molecule has 2 aliphatic heterocycles. The molecule has 2 aromatic carbocycles. The van der Waals surface area contributed by atoms with E-state index in [1.165, 1.54) is 4.57 Å². The van der Waals surface area contributed by atoms with Gasteiger partial charge in [0.2, 0.25) is 11.9 Å². The van der Waals surface area contributed by atoms with E-state index in [-0.39, 0.29) is 18.0 Å². The molecule has 0 bridgehead atoms. The average Bonchev–Trinajstić information content (AvgIpc) is 3.64. The minimum atomic E-state index is -0.354. The molecular weight excluding hydrogens is 614 g/mol. The second kappa shape index (κ2) is 13.5. The minimum absolute atomic E-state index is 0.118. The molecule has 0 saturated carbocycles. The van der Waals surface area contributed by atoms with E-state index in [1.807, 2.05) is 30.3 Å². The first-order valence-corrected chi connectivity index (χ1v) is 16.4. The second-order valence-electron chi connectivity index (χ2n) is 12.2. The van der Waals surface area contributed by atoms with E-state index >= 15 is 0 Å². The molecule has 1 amide bonds. The van der Waals surface area contributed by atoms with E-state index in [9.17, 15) is 9.59 Å². The maximum absolute atomic E-state index is 14.2. The van der Waals surface area contributed by atoms with Crippen molar-refractivity contribution in [3.63, 3.8) is 0 Å². The van der Waals surface area contributed by atoms with Crippen molar-refractivity contribution in [3.8, 4) is 22.4 Å². The van der Waals surface area contributed by atoms with Gasteiger partial charge in [-0.1, -0.05) is 23.7 Å². The number of anilines is 3. The molecular formula is C35H36ClN9O2. The van der Waals surface area contributed by atoms with Crippen LogP contribution in [0.15, 0.2) is 78.1 Å². The van der Waals surface area contributed by atoms with Gasteiger partial charge >= 0.3 is 0 Å². The molecule has 3 aromatic heterocycles. The van der Waals surface area contributed by atoms with Crippen LogP contribution in [0.5, 0.6) is 0 Å². The number of amides is 1. The lowest BCUT2D eigenvalue weighted by Gasteiger charge is -2.30. The first kappa shape index (κ1) is 30.8. The van der Waals surface area contributed by atoms with Gasteiger partial charge in [-0.15, -0.1) is 0 Å². The number of hydrogen-bond acceptors (Lipinski definition) is 9. The molecule has 0 radical (unpaired) electrons. The fourth-order valence-electron chi connectivity index (χ4n) is 6.27. The molecule has 2 aliphatic rings. The third-order valence-corrected chi connectivity index (χ3v) is 9.24. The molecule has 2 fully saturated rings. The Balaban J connectivity index is 1.20. The van der Waals surface area contributed by atoms with Crippen molar-refractivity contribution in [1.82, 2.24) is 34.3 Å². The number of rotatable bonds is 8. The topological polar surface area (TPSA) is 121 Å². The van der Waals surface area contributed by atoms with E-state index in [1.54, 1.807) is 47.9 Å². The summed E-state index contributed by atoms with van der Waals surface area (Å²) < 4.78 is 1.44. The quantitative estimate of drug-likeness (QED) is 0.226. The molecule has 240 valence electrons. The van der Waals surface area contributed by atoms with E-state index in [4.69, 9.17) is 16.6 Å². The van der Waals surface area contributed by atoms with Crippen molar-refractivity contribution < 1.29 is 4.79 Å². The molecule has 47 heavy (non-hydrogen) atoms. The highest BCUT2D eigenvalue weighted by atomic mass is 35.5. The minimum Gasteiger partial charge on any atom is -0.382 e. The van der Waals surface area contributed by atoms with Crippen LogP contribution in [0.3, 0.4) is 0 Å². The van der Waals surface area contributed by atoms with Crippen LogP contribution in [-0.4, -0.2) is 79.5 Å². The number of nitrogens with zero attached hydrogens (tertiary/aromatic N) is 7. The van der Waals surface area contributed by atoms with Crippen LogP contribution in [0.25, 0.3) is 33.4 Å². The SMILES string of the molecule is CN1CCC(Nc2ccc(Nc3ncc4cc(-c5ccc(-c6cnccn6)cc5Cl)c(=O)n(CC(=O)N5CCCC5)c4n3)cc2)CC1. The van der Waals surface area contributed by atoms with Crippen LogP contribution < -0.4 is 16.2 Å². The first-order chi connectivity index (χ1) is 22.9. The smallest absolute Gasteiger partial charge is 0.260 e. The Kier molecular flexibility index (Phi) is 8.82. The summed E-state index contributed by atoms with van der Waals surface area (Å²) in [6.45, 7) is 3.43. The number of benzene rings is 2. The Morgan fingerprint density at radius 1 is 0.915 bits per heavy atom. The molecule has 0 atom stereocenters. The Bertz CT molecular complexity index is 1950. The first-order valence-electron chi connectivity index (χ1n) is 16.0. The Hall–Kier alpha value is -4.87. The number of nitrogens with one attached hydrogen (secondary N) is 2. The molecule has 5 aromatic rings. The van der Waals surface area contributed by atoms with E-state index in [0.717, 1.165) is 55.7 Å². The van der Waals surface area contributed by atoms with Crippen LogP contribution in [0, 0.1) is 0 Å². The fraction of sp³-hybridized carbons (Fsp3) is 0.314. The Morgan fingerprint density at radius 2 is 1.68 bits per heavy atom. The monoisotopic (exact) mass is 649 g/mol. The van der Waals surface area contributed by atoms with Crippen LogP contribution in [0.4, 0.5) is 17.3 Å². The summed E-state index contributed by atoms with van der Waals surface area (Å²) >= 11 is 6.77. The lowest BCUT2D eigenvalue weighted by Crippen LogP contribution is -2.36. The molecule has 12 heteroatoms. The van der Waals surface area contributed by atoms with E-state index < -0.39 is 0 Å². The van der Waals surface area contributed by atoms with Crippen molar-refractivity contribution in [1.29, 1.82) is 0 Å². The summed E-state index contributed by atoms with van der Waals surface area (Å²) in [5.41, 5.74) is 4.25. The number of carbonyl (C=O) groups is 1. The summed E-state index contributed by atoms with van der Waals surface area (Å²) in [6, 6.07) is 15.7. The summed E-state index contributed by atoms with van der Waals surface area (Å²) in [5, 5.41) is 7.90. The molecule has 0 aliphatic carbocycles. The summed E-state index contributed by atoms with van der Waals surface area (Å²) in [6.07, 6.45) is 10.7. The molecule has 11 nitrogen and oxygen atoms in total. The van der Waals surface area contributed by atoms with Crippen molar-refractivity contribution >= 4 is 45.9 Å². The van der Waals surface area contributed by atoms with Gasteiger partial charge in [0.15, 0.2) is 0 Å². The molecule has 5 heterocycles. The molecule has 2 saturated heterocycles. The Morgan fingerprint density at radius 3 is 2.40 bits per heavy atom. The predicted octanol–water partition coefficient (Wildman–Crippen LogP) is 5.44. The summed E-state index contributed by atoms with van der Waals surface area (Å²) in [5.74, 6) is 0.211. The number of fused-ring (bicyclic) bond motifs is 1. The van der Waals surface area contributed by atoms with Gasteiger partial charge in [0, 0.05) is 76.2 Å². The summed E-state index contributed by atoms with van der Waals surface area (Å²) in [7, 11) is 2.16. The standard InChI is InChI=1S/C35H36ClN9O2/c1-43-16-10-27(11-17-43)40-25-5-7-26(8-6-25)41-35-39-20-24-18-29(28-9-4-23(19-30(28)36)31-21-37-12-13-38-31)34(47)45(33(24)42-35)22-32(46)44-14-2-3-15-44/h4-9,12-13,18-21,27,40H,2-3,10-11,14-17,22H2,1H3,(H,39,41,42). The van der Waals surface area contributed by atoms with E-state index in [2.05, 4.69) is 37.5 Å². The molecule has 0 unspecified atom stereocenters. The van der Waals surface area contributed by atoms with Crippen molar-refractivity contribution in [2.45, 2.75) is 38.3 Å². The normalized spacial score (nSPS) is 15.7. The fourth-order valence-corrected chi connectivity index (χ4v) is 6.55. The molecule has 0 spiro atoms. The molecule has 2 N–H and O–H groups in total. The number of aromatic nitrogens is 5. The maximum Gasteiger partial charge on any atom is 0.260 e. The zero-order valence-electron chi connectivity index (χ0n) is 26.2. The van der Waals surface area contributed by atoms with Crippen molar-refractivity contribution in [2.24, 2.45) is 0 Å². The van der Waals surface area contributed by atoms with Gasteiger partial charge in [0.1, 0.15) is 12.2 Å². The third-order valence-electron chi connectivity index (χ3n) is 8.93. The lowest BCUT2D eigenvalue weighted by molar-refractivity contribution is -0.130.